The van der Waals surface area contributed by atoms with Crippen LogP contribution in [-0.2, 0) is 17.7 Å². The van der Waals surface area contributed by atoms with Crippen molar-refractivity contribution in [2.45, 2.75) is 65.1 Å². The van der Waals surface area contributed by atoms with Crippen LogP contribution in [0.4, 0.5) is 4.79 Å². The van der Waals surface area contributed by atoms with Crippen molar-refractivity contribution in [3.05, 3.63) is 17.5 Å². The average Bonchev–Trinajstić information content (AvgIpc) is 2.50. The Labute approximate surface area is 114 Å². The maximum atomic E-state index is 11.8. The molecule has 0 aromatic carbocycles. The quantitative estimate of drug-likeness (QED) is 0.848. The third-order valence-electron chi connectivity index (χ3n) is 3.30. The van der Waals surface area contributed by atoms with Crippen molar-refractivity contribution in [3.63, 3.8) is 0 Å². The fraction of sp³-hybridized carbons (Fsp3) is 0.714. The molecule has 1 aromatic heterocycles. The van der Waals surface area contributed by atoms with Crippen molar-refractivity contribution in [2.75, 3.05) is 0 Å². The predicted octanol–water partition coefficient (Wildman–Crippen LogP) is 2.42. The number of carbonyl (C=O) groups excluding carboxylic acids is 1. The van der Waals surface area contributed by atoms with E-state index in [0.29, 0.717) is 0 Å². The highest BCUT2D eigenvalue weighted by molar-refractivity contribution is 5.68. The molecule has 5 nitrogen and oxygen atoms in total. The zero-order chi connectivity index (χ0) is 14.0. The minimum Gasteiger partial charge on any atom is -0.444 e. The van der Waals surface area contributed by atoms with Crippen LogP contribution in [0.25, 0.3) is 0 Å². The van der Waals surface area contributed by atoms with Crippen molar-refractivity contribution < 1.29 is 9.53 Å². The van der Waals surface area contributed by atoms with Crippen molar-refractivity contribution in [1.29, 1.82) is 0 Å². The molecule has 0 radical (unpaired) electrons. The lowest BCUT2D eigenvalue weighted by Gasteiger charge is -2.22. The minimum absolute atomic E-state index is 0.163. The van der Waals surface area contributed by atoms with Crippen LogP contribution in [0.5, 0.6) is 0 Å². The molecule has 0 saturated heterocycles. The van der Waals surface area contributed by atoms with Gasteiger partial charge >= 0.3 is 6.09 Å². The number of hydrogen-bond donors (Lipinski definition) is 1. The van der Waals surface area contributed by atoms with Gasteiger partial charge in [-0.2, -0.15) is 5.10 Å². The molecule has 0 spiro atoms. The fourth-order valence-corrected chi connectivity index (χ4v) is 2.37. The SMILES string of the molecule is Cc1cnn2c1CCC(NC(=O)OC(C)(C)C)CC2. The van der Waals surface area contributed by atoms with E-state index in [1.807, 2.05) is 31.6 Å². The molecule has 2 rings (SSSR count). The molecule has 0 saturated carbocycles. The average molecular weight is 265 g/mol. The molecule has 0 fully saturated rings. The van der Waals surface area contributed by atoms with E-state index in [1.165, 1.54) is 11.3 Å². The normalized spacial score (nSPS) is 19.5. The van der Waals surface area contributed by atoms with Gasteiger partial charge in [-0.05, 0) is 52.5 Å². The molecule has 5 heteroatoms. The Bertz CT molecular complexity index is 460. The second kappa shape index (κ2) is 5.23. The van der Waals surface area contributed by atoms with Gasteiger partial charge < -0.3 is 10.1 Å². The van der Waals surface area contributed by atoms with Crippen molar-refractivity contribution >= 4 is 6.09 Å². The Morgan fingerprint density at radius 3 is 2.89 bits per heavy atom. The molecule has 2 heterocycles. The number of aryl methyl sites for hydroxylation is 2. The Morgan fingerprint density at radius 1 is 1.47 bits per heavy atom. The molecular weight excluding hydrogens is 242 g/mol. The molecule has 1 aliphatic rings. The number of aromatic nitrogens is 2. The zero-order valence-electron chi connectivity index (χ0n) is 12.2. The summed E-state index contributed by atoms with van der Waals surface area (Å²) in [4.78, 5) is 11.8. The molecule has 1 atom stereocenters. The Morgan fingerprint density at radius 2 is 2.21 bits per heavy atom. The largest absolute Gasteiger partial charge is 0.444 e. The van der Waals surface area contributed by atoms with Crippen LogP contribution >= 0.6 is 0 Å². The zero-order valence-corrected chi connectivity index (χ0v) is 12.2. The summed E-state index contributed by atoms with van der Waals surface area (Å²) in [6.07, 6.45) is 4.37. The maximum Gasteiger partial charge on any atom is 0.407 e. The second-order valence-corrected chi connectivity index (χ2v) is 6.17. The van der Waals surface area contributed by atoms with Crippen molar-refractivity contribution in [3.8, 4) is 0 Å². The summed E-state index contributed by atoms with van der Waals surface area (Å²) >= 11 is 0. The number of carbonyl (C=O) groups is 1. The topological polar surface area (TPSA) is 56.2 Å². The summed E-state index contributed by atoms with van der Waals surface area (Å²) in [5.41, 5.74) is 2.07. The van der Waals surface area contributed by atoms with Gasteiger partial charge in [-0.3, -0.25) is 4.68 Å². The Hall–Kier alpha value is -1.52. The number of ether oxygens (including phenoxy) is 1. The molecule has 1 unspecified atom stereocenters. The molecular formula is C14H23N3O2. The molecule has 19 heavy (non-hydrogen) atoms. The summed E-state index contributed by atoms with van der Waals surface area (Å²) in [5, 5.41) is 7.32. The van der Waals surface area contributed by atoms with Crippen LogP contribution in [0.2, 0.25) is 0 Å². The van der Waals surface area contributed by atoms with E-state index in [-0.39, 0.29) is 12.1 Å². The van der Waals surface area contributed by atoms with E-state index in [0.717, 1.165) is 25.8 Å². The van der Waals surface area contributed by atoms with Gasteiger partial charge in [-0.1, -0.05) is 0 Å². The standard InChI is InChI=1S/C14H23N3O2/c1-10-9-15-17-8-7-11(5-6-12(10)17)16-13(18)19-14(2,3)4/h9,11H,5-8H2,1-4H3,(H,16,18). The first-order valence-corrected chi connectivity index (χ1v) is 6.86. The minimum atomic E-state index is -0.446. The van der Waals surface area contributed by atoms with E-state index in [2.05, 4.69) is 17.3 Å². The first-order valence-electron chi connectivity index (χ1n) is 6.86. The van der Waals surface area contributed by atoms with Gasteiger partial charge in [0.2, 0.25) is 0 Å². The first-order chi connectivity index (χ1) is 8.85. The maximum absolute atomic E-state index is 11.8. The van der Waals surface area contributed by atoms with Crippen LogP contribution in [0.1, 0.15) is 44.9 Å². The summed E-state index contributed by atoms with van der Waals surface area (Å²) in [6.45, 7) is 8.56. The highest BCUT2D eigenvalue weighted by Gasteiger charge is 2.22. The molecule has 1 amide bonds. The third-order valence-corrected chi connectivity index (χ3v) is 3.30. The molecule has 1 aromatic rings. The lowest BCUT2D eigenvalue weighted by molar-refractivity contribution is 0.0499. The van der Waals surface area contributed by atoms with Crippen LogP contribution in [-0.4, -0.2) is 27.5 Å². The van der Waals surface area contributed by atoms with Crippen molar-refractivity contribution in [1.82, 2.24) is 15.1 Å². The van der Waals surface area contributed by atoms with Gasteiger partial charge in [0.1, 0.15) is 5.60 Å². The van der Waals surface area contributed by atoms with Gasteiger partial charge in [0.25, 0.3) is 0 Å². The molecule has 106 valence electrons. The third kappa shape index (κ3) is 3.72. The predicted molar refractivity (Wildman–Crippen MR) is 73.1 cm³/mol. The Kier molecular flexibility index (Phi) is 3.83. The Balaban J connectivity index is 1.90. The molecule has 0 aliphatic carbocycles. The highest BCUT2D eigenvalue weighted by atomic mass is 16.6. The van der Waals surface area contributed by atoms with Crippen molar-refractivity contribution in [2.24, 2.45) is 0 Å². The van der Waals surface area contributed by atoms with E-state index < -0.39 is 5.60 Å². The first kappa shape index (κ1) is 13.9. The van der Waals surface area contributed by atoms with Gasteiger partial charge in [0.15, 0.2) is 0 Å². The summed E-state index contributed by atoms with van der Waals surface area (Å²) in [7, 11) is 0. The van der Waals surface area contributed by atoms with Crippen LogP contribution in [0, 0.1) is 6.92 Å². The summed E-state index contributed by atoms with van der Waals surface area (Å²) in [6, 6.07) is 0.163. The van der Waals surface area contributed by atoms with E-state index in [9.17, 15) is 4.79 Å². The van der Waals surface area contributed by atoms with Crippen LogP contribution < -0.4 is 5.32 Å². The lowest BCUT2D eigenvalue weighted by atomic mass is 10.1. The van der Waals surface area contributed by atoms with Gasteiger partial charge in [-0.15, -0.1) is 0 Å². The number of nitrogens with one attached hydrogen (secondary N) is 1. The number of amides is 1. The van der Waals surface area contributed by atoms with Gasteiger partial charge in [0, 0.05) is 18.3 Å². The van der Waals surface area contributed by atoms with E-state index >= 15 is 0 Å². The number of hydrogen-bond acceptors (Lipinski definition) is 3. The smallest absolute Gasteiger partial charge is 0.407 e. The van der Waals surface area contributed by atoms with E-state index in [1.54, 1.807) is 0 Å². The lowest BCUT2D eigenvalue weighted by Crippen LogP contribution is -2.39. The number of alkyl carbamates (subject to hydrolysis) is 1. The second-order valence-electron chi connectivity index (χ2n) is 6.17. The van der Waals surface area contributed by atoms with Crippen LogP contribution in [0.15, 0.2) is 6.20 Å². The van der Waals surface area contributed by atoms with Crippen LogP contribution in [0.3, 0.4) is 0 Å². The molecule has 1 aliphatic heterocycles. The van der Waals surface area contributed by atoms with E-state index in [4.69, 9.17) is 4.74 Å². The number of fused-ring (bicyclic) bond motifs is 1. The van der Waals surface area contributed by atoms with Gasteiger partial charge in [0.05, 0.1) is 6.20 Å². The molecule has 1 N–H and O–H groups in total. The molecule has 0 bridgehead atoms. The fourth-order valence-electron chi connectivity index (χ4n) is 2.37. The summed E-state index contributed by atoms with van der Waals surface area (Å²) < 4.78 is 7.34. The summed E-state index contributed by atoms with van der Waals surface area (Å²) in [5.74, 6) is 0. The number of rotatable bonds is 1. The number of nitrogens with zero attached hydrogens (tertiary/aromatic N) is 2. The highest BCUT2D eigenvalue weighted by Crippen LogP contribution is 2.18. The monoisotopic (exact) mass is 265 g/mol. The van der Waals surface area contributed by atoms with Gasteiger partial charge in [-0.25, -0.2) is 4.79 Å².